The maximum atomic E-state index is 12.2. The number of rotatable bonds is 3. The molecule has 1 amide bonds. The third-order valence-corrected chi connectivity index (χ3v) is 3.77. The molecule has 2 N–H and O–H groups in total. The fourth-order valence-electron chi connectivity index (χ4n) is 2.43. The minimum absolute atomic E-state index is 0.0826. The van der Waals surface area contributed by atoms with Gasteiger partial charge < -0.3 is 10.3 Å². The first-order valence-corrected chi connectivity index (χ1v) is 6.90. The van der Waals surface area contributed by atoms with E-state index in [9.17, 15) is 4.79 Å². The van der Waals surface area contributed by atoms with Gasteiger partial charge in [-0.1, -0.05) is 0 Å². The van der Waals surface area contributed by atoms with E-state index in [1.54, 1.807) is 4.68 Å². The molecule has 0 unspecified atom stereocenters. The van der Waals surface area contributed by atoms with Gasteiger partial charge in [0.15, 0.2) is 0 Å². The maximum absolute atomic E-state index is 12.2. The van der Waals surface area contributed by atoms with Crippen LogP contribution >= 0.6 is 0 Å². The van der Waals surface area contributed by atoms with Crippen molar-refractivity contribution < 1.29 is 4.79 Å². The van der Waals surface area contributed by atoms with Gasteiger partial charge in [-0.2, -0.15) is 5.10 Å². The number of benzene rings is 1. The maximum Gasteiger partial charge on any atom is 0.251 e. The van der Waals surface area contributed by atoms with Gasteiger partial charge in [0, 0.05) is 35.4 Å². The summed E-state index contributed by atoms with van der Waals surface area (Å²) in [4.78, 5) is 15.5. The highest BCUT2D eigenvalue weighted by molar-refractivity contribution is 5.98. The van der Waals surface area contributed by atoms with Crippen molar-refractivity contribution in [2.75, 3.05) is 0 Å². The molecule has 5 heteroatoms. The molecule has 0 bridgehead atoms. The highest BCUT2D eigenvalue weighted by Gasteiger charge is 2.10. The van der Waals surface area contributed by atoms with Gasteiger partial charge in [-0.3, -0.25) is 9.48 Å². The van der Waals surface area contributed by atoms with Crippen molar-refractivity contribution in [3.8, 4) is 0 Å². The zero-order chi connectivity index (χ0) is 15.0. The van der Waals surface area contributed by atoms with Crippen LogP contribution in [0.2, 0.25) is 0 Å². The number of hydrogen-bond acceptors (Lipinski definition) is 2. The van der Waals surface area contributed by atoms with Crippen LogP contribution < -0.4 is 5.32 Å². The van der Waals surface area contributed by atoms with Crippen LogP contribution in [0.5, 0.6) is 0 Å². The Balaban J connectivity index is 1.79. The van der Waals surface area contributed by atoms with Crippen molar-refractivity contribution >= 4 is 16.8 Å². The number of nitrogens with one attached hydrogen (secondary N) is 2. The second kappa shape index (κ2) is 5.09. The molecule has 0 atom stereocenters. The van der Waals surface area contributed by atoms with Gasteiger partial charge >= 0.3 is 0 Å². The number of fused-ring (bicyclic) bond motifs is 1. The summed E-state index contributed by atoms with van der Waals surface area (Å²) in [5.41, 5.74) is 4.90. The molecule has 0 fully saturated rings. The molecule has 0 radical (unpaired) electrons. The molecule has 108 valence electrons. The second-order valence-corrected chi connectivity index (χ2v) is 5.30. The summed E-state index contributed by atoms with van der Waals surface area (Å²) in [5, 5.41) is 8.23. The lowest BCUT2D eigenvalue weighted by molar-refractivity contribution is 0.0950. The standard InChI is InChI=1S/C16H18N4O/c1-10-11(2)18-15-5-4-12(8-14(10)15)16(21)17-9-13-6-7-20(3)19-13/h4-8,18H,9H2,1-3H3,(H,17,21). The molecule has 0 saturated carbocycles. The zero-order valence-electron chi connectivity index (χ0n) is 12.4. The molecule has 0 saturated heterocycles. The third kappa shape index (κ3) is 2.54. The molecule has 3 aromatic rings. The Bertz CT molecular complexity index is 813. The fourth-order valence-corrected chi connectivity index (χ4v) is 2.43. The number of hydrogen-bond donors (Lipinski definition) is 2. The molecule has 0 aliphatic carbocycles. The van der Waals surface area contributed by atoms with Gasteiger partial charge in [0.25, 0.3) is 5.91 Å². The lowest BCUT2D eigenvalue weighted by Crippen LogP contribution is -2.23. The first-order chi connectivity index (χ1) is 10.0. The summed E-state index contributed by atoms with van der Waals surface area (Å²) in [5.74, 6) is -0.0826. The Morgan fingerprint density at radius 2 is 2.14 bits per heavy atom. The summed E-state index contributed by atoms with van der Waals surface area (Å²) in [6.07, 6.45) is 1.86. The number of nitrogens with zero attached hydrogens (tertiary/aromatic N) is 2. The number of aryl methyl sites for hydroxylation is 3. The van der Waals surface area contributed by atoms with Crippen LogP contribution in [0.25, 0.3) is 10.9 Å². The number of aromatic nitrogens is 3. The first-order valence-electron chi connectivity index (χ1n) is 6.90. The number of amides is 1. The summed E-state index contributed by atoms with van der Waals surface area (Å²) >= 11 is 0. The van der Waals surface area contributed by atoms with Crippen molar-refractivity contribution in [1.82, 2.24) is 20.1 Å². The summed E-state index contributed by atoms with van der Waals surface area (Å²) < 4.78 is 1.72. The van der Waals surface area contributed by atoms with Crippen LogP contribution in [-0.4, -0.2) is 20.7 Å². The van der Waals surface area contributed by atoms with Gasteiger partial charge in [0.2, 0.25) is 0 Å². The topological polar surface area (TPSA) is 62.7 Å². The average molecular weight is 282 g/mol. The monoisotopic (exact) mass is 282 g/mol. The van der Waals surface area contributed by atoms with Crippen molar-refractivity contribution in [1.29, 1.82) is 0 Å². The first kappa shape index (κ1) is 13.4. The Kier molecular flexibility index (Phi) is 3.25. The van der Waals surface area contributed by atoms with Crippen LogP contribution in [0.3, 0.4) is 0 Å². The second-order valence-electron chi connectivity index (χ2n) is 5.30. The van der Waals surface area contributed by atoms with E-state index in [1.807, 2.05) is 44.4 Å². The predicted molar refractivity (Wildman–Crippen MR) is 82.2 cm³/mol. The summed E-state index contributed by atoms with van der Waals surface area (Å²) in [6, 6.07) is 7.61. The summed E-state index contributed by atoms with van der Waals surface area (Å²) in [6.45, 7) is 4.53. The molecule has 2 aromatic heterocycles. The molecular weight excluding hydrogens is 264 g/mol. The van der Waals surface area contributed by atoms with Crippen LogP contribution in [0.1, 0.15) is 27.3 Å². The smallest absolute Gasteiger partial charge is 0.251 e. The third-order valence-electron chi connectivity index (χ3n) is 3.77. The Hall–Kier alpha value is -2.56. The molecular formula is C16H18N4O. The van der Waals surface area contributed by atoms with Crippen LogP contribution in [0, 0.1) is 13.8 Å². The van der Waals surface area contributed by atoms with Crippen LogP contribution in [0.15, 0.2) is 30.5 Å². The van der Waals surface area contributed by atoms with Gasteiger partial charge in [0.1, 0.15) is 0 Å². The van der Waals surface area contributed by atoms with E-state index in [0.717, 1.165) is 22.3 Å². The number of carbonyl (C=O) groups is 1. The molecule has 2 heterocycles. The van der Waals surface area contributed by atoms with Crippen molar-refractivity contribution in [3.63, 3.8) is 0 Å². The van der Waals surface area contributed by atoms with E-state index in [2.05, 4.69) is 22.3 Å². The number of H-pyrrole nitrogens is 1. The summed E-state index contributed by atoms with van der Waals surface area (Å²) in [7, 11) is 1.86. The van der Waals surface area contributed by atoms with E-state index in [-0.39, 0.29) is 5.91 Å². The molecule has 5 nitrogen and oxygen atoms in total. The van der Waals surface area contributed by atoms with Crippen molar-refractivity contribution in [2.45, 2.75) is 20.4 Å². The van der Waals surface area contributed by atoms with E-state index in [1.165, 1.54) is 5.56 Å². The quantitative estimate of drug-likeness (QED) is 0.775. The van der Waals surface area contributed by atoms with E-state index in [4.69, 9.17) is 0 Å². The SMILES string of the molecule is Cc1[nH]c2ccc(C(=O)NCc3ccn(C)n3)cc2c1C. The van der Waals surface area contributed by atoms with Crippen molar-refractivity contribution in [3.05, 3.63) is 53.0 Å². The minimum atomic E-state index is -0.0826. The van der Waals surface area contributed by atoms with Crippen molar-refractivity contribution in [2.24, 2.45) is 7.05 Å². The van der Waals surface area contributed by atoms with Crippen LogP contribution in [-0.2, 0) is 13.6 Å². The minimum Gasteiger partial charge on any atom is -0.358 e. The Morgan fingerprint density at radius 3 is 2.86 bits per heavy atom. The van der Waals surface area contributed by atoms with Gasteiger partial charge in [-0.25, -0.2) is 0 Å². The number of aromatic amines is 1. The number of carbonyl (C=O) groups excluding carboxylic acids is 1. The predicted octanol–water partition coefficient (Wildman–Crippen LogP) is 2.45. The fraction of sp³-hybridized carbons (Fsp3) is 0.250. The zero-order valence-corrected chi connectivity index (χ0v) is 12.4. The molecule has 21 heavy (non-hydrogen) atoms. The molecule has 0 aliphatic rings. The molecule has 0 spiro atoms. The normalized spacial score (nSPS) is 11.0. The average Bonchev–Trinajstić information content (AvgIpc) is 3.01. The highest BCUT2D eigenvalue weighted by Crippen LogP contribution is 2.22. The molecule has 3 rings (SSSR count). The highest BCUT2D eigenvalue weighted by atomic mass is 16.1. The lowest BCUT2D eigenvalue weighted by Gasteiger charge is -2.04. The van der Waals surface area contributed by atoms with E-state index >= 15 is 0 Å². The largest absolute Gasteiger partial charge is 0.358 e. The Labute approximate surface area is 123 Å². The van der Waals surface area contributed by atoms with Gasteiger partial charge in [-0.05, 0) is 43.7 Å². The van der Waals surface area contributed by atoms with Crippen LogP contribution in [0.4, 0.5) is 0 Å². The molecule has 1 aromatic carbocycles. The van der Waals surface area contributed by atoms with E-state index < -0.39 is 0 Å². The van der Waals surface area contributed by atoms with E-state index in [0.29, 0.717) is 12.1 Å². The Morgan fingerprint density at radius 1 is 1.33 bits per heavy atom. The van der Waals surface area contributed by atoms with Gasteiger partial charge in [0.05, 0.1) is 12.2 Å². The molecule has 0 aliphatic heterocycles. The lowest BCUT2D eigenvalue weighted by atomic mass is 10.1. The van der Waals surface area contributed by atoms with Gasteiger partial charge in [-0.15, -0.1) is 0 Å².